The number of nitrogens with one attached hydrogen (secondary N) is 1. The molecule has 116 valence electrons. The normalized spacial score (nSPS) is 25.9. The fraction of sp³-hybridized carbons (Fsp3) is 0.667. The molecular formula is C15H22N2O4. The van der Waals surface area contributed by atoms with E-state index in [9.17, 15) is 14.4 Å². The van der Waals surface area contributed by atoms with Crippen LogP contribution in [0.3, 0.4) is 0 Å². The first-order chi connectivity index (χ1) is 10.0. The van der Waals surface area contributed by atoms with Crippen LogP contribution >= 0.6 is 0 Å². The maximum absolute atomic E-state index is 12.2. The zero-order chi connectivity index (χ0) is 15.4. The Kier molecular flexibility index (Phi) is 5.12. The van der Waals surface area contributed by atoms with Crippen molar-refractivity contribution >= 4 is 17.7 Å². The standard InChI is InChI=1S/C15H22N2O4/c1-10(9-21-2)16-13(18)7-8-17-14(19)11-5-3-4-6-12(11)15(17)20/h3-4,10-12H,5-9H2,1-2H3,(H,16,18)/t10?,11-,12+. The largest absolute Gasteiger partial charge is 0.383 e. The first-order valence-corrected chi connectivity index (χ1v) is 7.33. The van der Waals surface area contributed by atoms with Gasteiger partial charge in [-0.25, -0.2) is 0 Å². The number of fused-ring (bicyclic) bond motifs is 1. The summed E-state index contributed by atoms with van der Waals surface area (Å²) in [5.41, 5.74) is 0. The molecule has 1 unspecified atom stereocenters. The number of hydrogen-bond donors (Lipinski definition) is 1. The molecule has 0 aromatic heterocycles. The van der Waals surface area contributed by atoms with Crippen LogP contribution in [-0.2, 0) is 19.1 Å². The molecule has 0 bridgehead atoms. The number of ether oxygens (including phenoxy) is 1. The molecule has 1 N–H and O–H groups in total. The number of methoxy groups -OCH3 is 1. The highest BCUT2D eigenvalue weighted by Gasteiger charge is 2.46. The van der Waals surface area contributed by atoms with Gasteiger partial charge >= 0.3 is 0 Å². The average molecular weight is 294 g/mol. The van der Waals surface area contributed by atoms with Crippen molar-refractivity contribution in [3.05, 3.63) is 12.2 Å². The molecule has 2 rings (SSSR count). The van der Waals surface area contributed by atoms with Gasteiger partial charge in [-0.3, -0.25) is 19.3 Å². The van der Waals surface area contributed by atoms with Crippen molar-refractivity contribution in [1.82, 2.24) is 10.2 Å². The van der Waals surface area contributed by atoms with E-state index in [4.69, 9.17) is 4.74 Å². The second-order valence-corrected chi connectivity index (χ2v) is 5.66. The molecule has 1 heterocycles. The van der Waals surface area contributed by atoms with Crippen LogP contribution in [0.1, 0.15) is 26.2 Å². The van der Waals surface area contributed by atoms with E-state index in [1.165, 1.54) is 4.90 Å². The number of imide groups is 1. The lowest BCUT2D eigenvalue weighted by Gasteiger charge is -2.16. The fourth-order valence-electron chi connectivity index (χ4n) is 2.94. The van der Waals surface area contributed by atoms with Gasteiger partial charge in [-0.1, -0.05) is 12.2 Å². The van der Waals surface area contributed by atoms with Gasteiger partial charge in [-0.05, 0) is 19.8 Å². The maximum atomic E-state index is 12.2. The Bertz CT molecular complexity index is 435. The highest BCUT2D eigenvalue weighted by molar-refractivity contribution is 6.05. The zero-order valence-corrected chi connectivity index (χ0v) is 12.5. The third-order valence-electron chi connectivity index (χ3n) is 3.99. The maximum Gasteiger partial charge on any atom is 0.233 e. The van der Waals surface area contributed by atoms with Gasteiger partial charge in [-0.15, -0.1) is 0 Å². The van der Waals surface area contributed by atoms with E-state index in [1.807, 2.05) is 19.1 Å². The number of allylic oxidation sites excluding steroid dienone is 2. The molecule has 6 heteroatoms. The lowest BCUT2D eigenvalue weighted by atomic mass is 9.85. The molecule has 0 saturated carbocycles. The van der Waals surface area contributed by atoms with Gasteiger partial charge in [0.05, 0.1) is 18.4 Å². The van der Waals surface area contributed by atoms with Crippen LogP contribution in [-0.4, -0.2) is 48.9 Å². The summed E-state index contributed by atoms with van der Waals surface area (Å²) in [6.07, 6.45) is 5.30. The van der Waals surface area contributed by atoms with Crippen molar-refractivity contribution in [3.8, 4) is 0 Å². The number of amides is 3. The predicted octanol–water partition coefficient (Wildman–Crippen LogP) is 0.479. The van der Waals surface area contributed by atoms with E-state index >= 15 is 0 Å². The highest BCUT2D eigenvalue weighted by Crippen LogP contribution is 2.34. The van der Waals surface area contributed by atoms with E-state index in [2.05, 4.69) is 5.32 Å². The van der Waals surface area contributed by atoms with E-state index in [0.29, 0.717) is 19.4 Å². The SMILES string of the molecule is COCC(C)NC(=O)CCN1C(=O)[C@H]2CC=CC[C@H]2C1=O. The molecule has 0 aromatic rings. The van der Waals surface area contributed by atoms with Gasteiger partial charge in [-0.2, -0.15) is 0 Å². The van der Waals surface area contributed by atoms with Crippen molar-refractivity contribution in [3.63, 3.8) is 0 Å². The third-order valence-corrected chi connectivity index (χ3v) is 3.99. The molecule has 3 amide bonds. The Labute approximate surface area is 124 Å². The summed E-state index contributed by atoms with van der Waals surface area (Å²) in [6, 6.07) is -0.0840. The minimum atomic E-state index is -0.224. The van der Waals surface area contributed by atoms with Crippen molar-refractivity contribution < 1.29 is 19.1 Å². The topological polar surface area (TPSA) is 75.7 Å². The molecule has 6 nitrogen and oxygen atoms in total. The van der Waals surface area contributed by atoms with Crippen LogP contribution < -0.4 is 5.32 Å². The van der Waals surface area contributed by atoms with Crippen molar-refractivity contribution in [1.29, 1.82) is 0 Å². The molecule has 3 atom stereocenters. The molecular weight excluding hydrogens is 272 g/mol. The van der Waals surface area contributed by atoms with E-state index in [0.717, 1.165) is 0 Å². The summed E-state index contributed by atoms with van der Waals surface area (Å²) in [4.78, 5) is 37.5. The summed E-state index contributed by atoms with van der Waals surface area (Å²) >= 11 is 0. The average Bonchev–Trinajstić information content (AvgIpc) is 2.70. The second kappa shape index (κ2) is 6.85. The van der Waals surface area contributed by atoms with Crippen LogP contribution in [0.2, 0.25) is 0 Å². The first kappa shape index (κ1) is 15.7. The van der Waals surface area contributed by atoms with Crippen molar-refractivity contribution in [2.24, 2.45) is 11.8 Å². The molecule has 21 heavy (non-hydrogen) atoms. The van der Waals surface area contributed by atoms with Crippen LogP contribution in [0.15, 0.2) is 12.2 Å². The summed E-state index contributed by atoms with van der Waals surface area (Å²) < 4.78 is 4.94. The molecule has 0 radical (unpaired) electrons. The Morgan fingerprint density at radius 1 is 1.33 bits per heavy atom. The number of hydrogen-bond acceptors (Lipinski definition) is 4. The molecule has 0 spiro atoms. The number of carbonyl (C=O) groups excluding carboxylic acids is 3. The molecule has 1 aliphatic heterocycles. The van der Waals surface area contributed by atoms with E-state index in [-0.39, 0.29) is 48.6 Å². The van der Waals surface area contributed by atoms with Gasteiger partial charge in [0.15, 0.2) is 0 Å². The lowest BCUT2D eigenvalue weighted by molar-refractivity contribution is -0.140. The van der Waals surface area contributed by atoms with Gasteiger partial charge in [0.1, 0.15) is 0 Å². The van der Waals surface area contributed by atoms with Crippen molar-refractivity contribution in [2.45, 2.75) is 32.2 Å². The summed E-state index contributed by atoms with van der Waals surface area (Å²) in [5.74, 6) is -0.886. The quantitative estimate of drug-likeness (QED) is 0.571. The van der Waals surface area contributed by atoms with Gasteiger partial charge in [0, 0.05) is 26.1 Å². The fourth-order valence-corrected chi connectivity index (χ4v) is 2.94. The Morgan fingerprint density at radius 3 is 2.43 bits per heavy atom. The monoisotopic (exact) mass is 294 g/mol. The second-order valence-electron chi connectivity index (χ2n) is 5.66. The number of rotatable bonds is 6. The van der Waals surface area contributed by atoms with Crippen molar-refractivity contribution in [2.75, 3.05) is 20.3 Å². The summed E-state index contributed by atoms with van der Waals surface area (Å²) in [6.45, 7) is 2.44. The Balaban J connectivity index is 1.85. The first-order valence-electron chi connectivity index (χ1n) is 7.33. The van der Waals surface area contributed by atoms with Crippen LogP contribution in [0, 0.1) is 11.8 Å². The molecule has 1 saturated heterocycles. The molecule has 2 aliphatic rings. The lowest BCUT2D eigenvalue weighted by Crippen LogP contribution is -2.39. The smallest absolute Gasteiger partial charge is 0.233 e. The van der Waals surface area contributed by atoms with Crippen LogP contribution in [0.4, 0.5) is 0 Å². The van der Waals surface area contributed by atoms with Gasteiger partial charge in [0.25, 0.3) is 0 Å². The summed E-state index contributed by atoms with van der Waals surface area (Å²) in [7, 11) is 1.57. The summed E-state index contributed by atoms with van der Waals surface area (Å²) in [5, 5.41) is 2.77. The Morgan fingerprint density at radius 2 is 1.90 bits per heavy atom. The number of carbonyl (C=O) groups is 3. The third kappa shape index (κ3) is 3.50. The van der Waals surface area contributed by atoms with Gasteiger partial charge in [0.2, 0.25) is 17.7 Å². The van der Waals surface area contributed by atoms with E-state index < -0.39 is 0 Å². The van der Waals surface area contributed by atoms with Crippen LogP contribution in [0.25, 0.3) is 0 Å². The molecule has 0 aromatic carbocycles. The van der Waals surface area contributed by atoms with Gasteiger partial charge < -0.3 is 10.1 Å². The van der Waals surface area contributed by atoms with E-state index in [1.54, 1.807) is 7.11 Å². The molecule has 1 aliphatic carbocycles. The molecule has 1 fully saturated rings. The minimum Gasteiger partial charge on any atom is -0.383 e. The Hall–Kier alpha value is -1.69. The predicted molar refractivity (Wildman–Crippen MR) is 76.2 cm³/mol. The number of likely N-dealkylation sites (tertiary alicyclic amines) is 1. The minimum absolute atomic E-state index is 0.0840. The highest BCUT2D eigenvalue weighted by atomic mass is 16.5. The van der Waals surface area contributed by atoms with Crippen LogP contribution in [0.5, 0.6) is 0 Å². The zero-order valence-electron chi connectivity index (χ0n) is 12.5. The number of nitrogens with zero attached hydrogens (tertiary/aromatic N) is 1.